The van der Waals surface area contributed by atoms with Crippen molar-refractivity contribution in [1.82, 2.24) is 0 Å². The molecule has 0 atom stereocenters. The molecule has 3 aromatic carbocycles. The summed E-state index contributed by atoms with van der Waals surface area (Å²) >= 11 is 0. The lowest BCUT2D eigenvalue weighted by atomic mass is 10.0. The molecule has 0 bridgehead atoms. The SMILES string of the molecule is COc1ccccc1/C=C1\Oc2cc(OCc3c(F)cccc3F)cc(C)c2C1=O. The number of ketones is 1. The lowest BCUT2D eigenvalue weighted by molar-refractivity contribution is 0.101. The molecular formula is C24H18F2O4. The van der Waals surface area contributed by atoms with Crippen LogP contribution in [0.25, 0.3) is 6.08 Å². The molecule has 0 radical (unpaired) electrons. The molecule has 1 heterocycles. The zero-order valence-electron chi connectivity index (χ0n) is 16.4. The topological polar surface area (TPSA) is 44.8 Å². The van der Waals surface area contributed by atoms with Gasteiger partial charge in [0.1, 0.15) is 35.5 Å². The van der Waals surface area contributed by atoms with Crippen LogP contribution >= 0.6 is 0 Å². The number of aryl methyl sites for hydroxylation is 1. The van der Waals surface area contributed by atoms with Crippen molar-refractivity contribution in [3.05, 3.63) is 94.2 Å². The third-order valence-corrected chi connectivity index (χ3v) is 4.81. The monoisotopic (exact) mass is 408 g/mol. The van der Waals surface area contributed by atoms with Gasteiger partial charge in [-0.2, -0.15) is 0 Å². The van der Waals surface area contributed by atoms with Crippen LogP contribution in [-0.4, -0.2) is 12.9 Å². The van der Waals surface area contributed by atoms with Gasteiger partial charge in [-0.1, -0.05) is 24.3 Å². The van der Waals surface area contributed by atoms with E-state index in [0.29, 0.717) is 33.9 Å². The van der Waals surface area contributed by atoms with Crippen LogP contribution in [0, 0.1) is 18.6 Å². The molecule has 0 fully saturated rings. The molecular weight excluding hydrogens is 390 g/mol. The van der Waals surface area contributed by atoms with E-state index in [1.807, 2.05) is 18.2 Å². The van der Waals surface area contributed by atoms with Crippen molar-refractivity contribution >= 4 is 11.9 Å². The fourth-order valence-corrected chi connectivity index (χ4v) is 3.31. The second-order valence-electron chi connectivity index (χ2n) is 6.78. The summed E-state index contributed by atoms with van der Waals surface area (Å²) in [7, 11) is 1.55. The number of rotatable bonds is 5. The maximum absolute atomic E-state index is 13.8. The van der Waals surface area contributed by atoms with Gasteiger partial charge in [0.2, 0.25) is 5.78 Å². The summed E-state index contributed by atoms with van der Waals surface area (Å²) in [4.78, 5) is 12.8. The van der Waals surface area contributed by atoms with E-state index >= 15 is 0 Å². The average molecular weight is 408 g/mol. The van der Waals surface area contributed by atoms with E-state index in [1.165, 1.54) is 18.2 Å². The van der Waals surface area contributed by atoms with Gasteiger partial charge in [0, 0.05) is 11.6 Å². The van der Waals surface area contributed by atoms with Crippen molar-refractivity contribution < 1.29 is 27.8 Å². The van der Waals surface area contributed by atoms with Gasteiger partial charge in [-0.25, -0.2) is 8.78 Å². The van der Waals surface area contributed by atoms with Crippen molar-refractivity contribution in [2.45, 2.75) is 13.5 Å². The Morgan fingerprint density at radius 3 is 2.50 bits per heavy atom. The highest BCUT2D eigenvalue weighted by atomic mass is 19.1. The molecule has 3 aromatic rings. The molecule has 0 amide bonds. The summed E-state index contributed by atoms with van der Waals surface area (Å²) in [6.45, 7) is 1.47. The number of carbonyl (C=O) groups excluding carboxylic acids is 1. The van der Waals surface area contributed by atoms with E-state index in [2.05, 4.69) is 0 Å². The molecule has 0 unspecified atom stereocenters. The predicted molar refractivity (Wildman–Crippen MR) is 108 cm³/mol. The lowest BCUT2D eigenvalue weighted by Crippen LogP contribution is -2.02. The van der Waals surface area contributed by atoms with Crippen LogP contribution in [0.15, 0.2) is 60.4 Å². The Hall–Kier alpha value is -3.67. The van der Waals surface area contributed by atoms with Crippen LogP contribution in [-0.2, 0) is 6.61 Å². The fraction of sp³-hybridized carbons (Fsp3) is 0.125. The van der Waals surface area contributed by atoms with Gasteiger partial charge in [0.15, 0.2) is 5.76 Å². The van der Waals surface area contributed by atoms with Crippen LogP contribution in [0.1, 0.15) is 27.0 Å². The van der Waals surface area contributed by atoms with E-state index in [9.17, 15) is 13.6 Å². The third-order valence-electron chi connectivity index (χ3n) is 4.81. The second kappa shape index (κ2) is 7.99. The molecule has 0 saturated heterocycles. The smallest absolute Gasteiger partial charge is 0.232 e. The molecule has 0 aromatic heterocycles. The average Bonchev–Trinajstić information content (AvgIpc) is 3.03. The summed E-state index contributed by atoms with van der Waals surface area (Å²) in [5.41, 5.74) is 1.62. The standard InChI is InChI=1S/C24H18F2O4/c1-14-10-16(29-13-17-18(25)7-5-8-19(17)26)12-21-23(14)24(27)22(30-21)11-15-6-3-4-9-20(15)28-2/h3-12H,13H2,1-2H3/b22-11-. The number of benzene rings is 3. The van der Waals surface area contributed by atoms with E-state index in [-0.39, 0.29) is 23.7 Å². The number of ether oxygens (including phenoxy) is 3. The first-order valence-electron chi connectivity index (χ1n) is 9.25. The molecule has 4 rings (SSSR count). The van der Waals surface area contributed by atoms with E-state index < -0.39 is 11.6 Å². The number of allylic oxidation sites excluding steroid dienone is 1. The van der Waals surface area contributed by atoms with Crippen LogP contribution in [0.3, 0.4) is 0 Å². The number of halogens is 2. The summed E-state index contributed by atoms with van der Waals surface area (Å²) in [5, 5.41) is 0. The number of carbonyl (C=O) groups is 1. The Balaban J connectivity index is 1.60. The molecule has 6 heteroatoms. The Morgan fingerprint density at radius 1 is 1.03 bits per heavy atom. The highest BCUT2D eigenvalue weighted by molar-refractivity contribution is 6.15. The first kappa shape index (κ1) is 19.6. The lowest BCUT2D eigenvalue weighted by Gasteiger charge is -2.10. The highest BCUT2D eigenvalue weighted by Gasteiger charge is 2.30. The third kappa shape index (κ3) is 3.64. The van der Waals surface area contributed by atoms with Gasteiger partial charge in [-0.3, -0.25) is 4.79 Å². The largest absolute Gasteiger partial charge is 0.496 e. The Kier molecular flexibility index (Phi) is 5.23. The molecule has 0 N–H and O–H groups in total. The minimum atomic E-state index is -0.679. The highest BCUT2D eigenvalue weighted by Crippen LogP contribution is 2.38. The fourth-order valence-electron chi connectivity index (χ4n) is 3.31. The summed E-state index contributed by atoms with van der Waals surface area (Å²) in [6, 6.07) is 14.1. The van der Waals surface area contributed by atoms with Crippen molar-refractivity contribution in [2.24, 2.45) is 0 Å². The van der Waals surface area contributed by atoms with Crippen LogP contribution in [0.2, 0.25) is 0 Å². The van der Waals surface area contributed by atoms with Crippen molar-refractivity contribution in [3.63, 3.8) is 0 Å². The molecule has 4 nitrogen and oxygen atoms in total. The first-order chi connectivity index (χ1) is 14.5. The molecule has 0 saturated carbocycles. The summed E-state index contributed by atoms with van der Waals surface area (Å²) < 4.78 is 44.3. The molecule has 1 aliphatic rings. The first-order valence-corrected chi connectivity index (χ1v) is 9.25. The summed E-state index contributed by atoms with van der Waals surface area (Å²) in [5.74, 6) is -0.145. The number of Topliss-reactive ketones (excluding diaryl/α,β-unsaturated/α-hetero) is 1. The van der Waals surface area contributed by atoms with Crippen LogP contribution < -0.4 is 14.2 Å². The number of methoxy groups -OCH3 is 1. The molecule has 0 aliphatic carbocycles. The van der Waals surface area contributed by atoms with Crippen molar-refractivity contribution in [3.8, 4) is 17.2 Å². The van der Waals surface area contributed by atoms with Gasteiger partial charge in [0.25, 0.3) is 0 Å². The number of hydrogen-bond acceptors (Lipinski definition) is 4. The normalized spacial score (nSPS) is 13.9. The van der Waals surface area contributed by atoms with Crippen LogP contribution in [0.5, 0.6) is 17.2 Å². The van der Waals surface area contributed by atoms with Gasteiger partial charge >= 0.3 is 0 Å². The quantitative estimate of drug-likeness (QED) is 0.525. The minimum Gasteiger partial charge on any atom is -0.496 e. The van der Waals surface area contributed by atoms with E-state index in [1.54, 1.807) is 38.3 Å². The number of hydrogen-bond donors (Lipinski definition) is 0. The van der Waals surface area contributed by atoms with Gasteiger partial charge in [-0.15, -0.1) is 0 Å². The number of fused-ring (bicyclic) bond motifs is 1. The zero-order chi connectivity index (χ0) is 21.3. The minimum absolute atomic E-state index is 0.162. The Bertz CT molecular complexity index is 1150. The molecule has 30 heavy (non-hydrogen) atoms. The maximum Gasteiger partial charge on any atom is 0.232 e. The van der Waals surface area contributed by atoms with Gasteiger partial charge in [-0.05, 0) is 42.8 Å². The molecule has 1 aliphatic heterocycles. The number of para-hydroxylation sites is 1. The molecule has 152 valence electrons. The van der Waals surface area contributed by atoms with Crippen LogP contribution in [0.4, 0.5) is 8.78 Å². The Labute approximate surface area is 172 Å². The molecule has 0 spiro atoms. The summed E-state index contributed by atoms with van der Waals surface area (Å²) in [6.07, 6.45) is 1.62. The van der Waals surface area contributed by atoms with Gasteiger partial charge < -0.3 is 14.2 Å². The van der Waals surface area contributed by atoms with Gasteiger partial charge in [0.05, 0.1) is 18.2 Å². The maximum atomic E-state index is 13.8. The zero-order valence-corrected chi connectivity index (χ0v) is 16.4. The van der Waals surface area contributed by atoms with E-state index in [0.717, 1.165) is 0 Å². The van der Waals surface area contributed by atoms with Crippen molar-refractivity contribution in [1.29, 1.82) is 0 Å². The Morgan fingerprint density at radius 2 is 1.77 bits per heavy atom. The second-order valence-corrected chi connectivity index (χ2v) is 6.78. The predicted octanol–water partition coefficient (Wildman–Crippen LogP) is 5.48. The van der Waals surface area contributed by atoms with Crippen molar-refractivity contribution in [2.75, 3.05) is 7.11 Å². The van der Waals surface area contributed by atoms with E-state index in [4.69, 9.17) is 14.2 Å².